The van der Waals surface area contributed by atoms with Gasteiger partial charge in [0.1, 0.15) is 22.8 Å². The van der Waals surface area contributed by atoms with Crippen LogP contribution in [0.2, 0.25) is 0 Å². The molecular formula is C22H19FN2O2S. The SMILES string of the molecule is COc1cc([C@@H]2NN=C(c3ccccc3)S2)ccc1OCc1cccc(F)c1. The predicted molar refractivity (Wildman–Crippen MR) is 110 cm³/mol. The highest BCUT2D eigenvalue weighted by Crippen LogP contribution is 2.38. The van der Waals surface area contributed by atoms with E-state index in [1.54, 1.807) is 24.9 Å². The Kier molecular flexibility index (Phi) is 5.48. The van der Waals surface area contributed by atoms with Crippen molar-refractivity contribution in [3.63, 3.8) is 0 Å². The largest absolute Gasteiger partial charge is 0.493 e. The highest BCUT2D eigenvalue weighted by Gasteiger charge is 2.23. The summed E-state index contributed by atoms with van der Waals surface area (Å²) in [5.74, 6) is 0.967. The number of hydrogen-bond acceptors (Lipinski definition) is 5. The van der Waals surface area contributed by atoms with Gasteiger partial charge in [0.05, 0.1) is 7.11 Å². The molecule has 1 aliphatic heterocycles. The summed E-state index contributed by atoms with van der Waals surface area (Å²) in [6.45, 7) is 0.269. The van der Waals surface area contributed by atoms with Crippen molar-refractivity contribution in [2.45, 2.75) is 12.0 Å². The highest BCUT2D eigenvalue weighted by atomic mass is 32.2. The third-order valence-electron chi connectivity index (χ3n) is 4.31. The number of hydrazone groups is 1. The number of thioether (sulfide) groups is 1. The van der Waals surface area contributed by atoms with Gasteiger partial charge in [-0.2, -0.15) is 5.10 Å². The van der Waals surface area contributed by atoms with E-state index in [1.165, 1.54) is 12.1 Å². The van der Waals surface area contributed by atoms with E-state index in [1.807, 2.05) is 54.6 Å². The molecule has 1 heterocycles. The Hall–Kier alpha value is -2.99. The minimum atomic E-state index is -0.276. The van der Waals surface area contributed by atoms with Crippen LogP contribution in [-0.4, -0.2) is 12.2 Å². The van der Waals surface area contributed by atoms with Crippen LogP contribution in [0.1, 0.15) is 22.1 Å². The summed E-state index contributed by atoms with van der Waals surface area (Å²) < 4.78 is 24.6. The topological polar surface area (TPSA) is 42.8 Å². The van der Waals surface area contributed by atoms with E-state index in [9.17, 15) is 4.39 Å². The Bertz CT molecular complexity index is 995. The van der Waals surface area contributed by atoms with E-state index < -0.39 is 0 Å². The summed E-state index contributed by atoms with van der Waals surface area (Å²) in [7, 11) is 1.61. The second kappa shape index (κ2) is 8.35. The molecule has 3 aromatic carbocycles. The van der Waals surface area contributed by atoms with Crippen molar-refractivity contribution >= 4 is 16.8 Å². The number of benzene rings is 3. The average molecular weight is 394 g/mol. The summed E-state index contributed by atoms with van der Waals surface area (Å²) in [5.41, 5.74) is 6.06. The lowest BCUT2D eigenvalue weighted by Crippen LogP contribution is -2.07. The van der Waals surface area contributed by atoms with E-state index in [4.69, 9.17) is 9.47 Å². The fourth-order valence-electron chi connectivity index (χ4n) is 2.89. The van der Waals surface area contributed by atoms with Crippen molar-refractivity contribution < 1.29 is 13.9 Å². The molecule has 3 aromatic rings. The molecule has 28 heavy (non-hydrogen) atoms. The molecule has 0 aliphatic carbocycles. The van der Waals surface area contributed by atoms with E-state index in [0.29, 0.717) is 11.5 Å². The van der Waals surface area contributed by atoms with Gasteiger partial charge in [0.15, 0.2) is 11.5 Å². The fraction of sp³-hybridized carbons (Fsp3) is 0.136. The summed E-state index contributed by atoms with van der Waals surface area (Å²) >= 11 is 1.65. The van der Waals surface area contributed by atoms with Crippen LogP contribution >= 0.6 is 11.8 Å². The molecule has 6 heteroatoms. The minimum Gasteiger partial charge on any atom is -0.493 e. The van der Waals surface area contributed by atoms with Gasteiger partial charge in [0.25, 0.3) is 0 Å². The summed E-state index contributed by atoms with van der Waals surface area (Å²) in [5, 5.41) is 5.40. The Labute approximate surface area is 167 Å². The van der Waals surface area contributed by atoms with Crippen LogP contribution in [-0.2, 0) is 6.61 Å². The molecular weight excluding hydrogens is 375 g/mol. The molecule has 0 aromatic heterocycles. The molecule has 1 aliphatic rings. The molecule has 0 unspecified atom stereocenters. The van der Waals surface area contributed by atoms with Gasteiger partial charge in [-0.05, 0) is 35.4 Å². The lowest BCUT2D eigenvalue weighted by Gasteiger charge is -2.15. The van der Waals surface area contributed by atoms with Gasteiger partial charge in [0.2, 0.25) is 0 Å². The van der Waals surface area contributed by atoms with Gasteiger partial charge in [-0.1, -0.05) is 60.3 Å². The summed E-state index contributed by atoms with van der Waals surface area (Å²) in [4.78, 5) is 0. The number of hydrogen-bond donors (Lipinski definition) is 1. The zero-order valence-corrected chi connectivity index (χ0v) is 16.1. The molecule has 0 saturated heterocycles. The molecule has 142 valence electrons. The Balaban J connectivity index is 1.45. The third kappa shape index (κ3) is 4.12. The average Bonchev–Trinajstić information content (AvgIpc) is 3.23. The zero-order chi connectivity index (χ0) is 19.3. The van der Waals surface area contributed by atoms with Crippen molar-refractivity contribution in [2.24, 2.45) is 5.10 Å². The molecule has 0 bridgehead atoms. The Morgan fingerprint density at radius 1 is 1.00 bits per heavy atom. The van der Waals surface area contributed by atoms with Crippen LogP contribution in [0, 0.1) is 5.82 Å². The van der Waals surface area contributed by atoms with Gasteiger partial charge in [0, 0.05) is 5.56 Å². The standard InChI is InChI=1S/C22H19FN2O2S/c1-26-20-13-17(22-25-24-21(28-22)16-7-3-2-4-8-16)10-11-19(20)27-14-15-6-5-9-18(23)12-15/h2-13,22,25H,14H2,1H3/t22-/m1/s1. The van der Waals surface area contributed by atoms with E-state index in [0.717, 1.165) is 21.7 Å². The molecule has 0 spiro atoms. The maximum atomic E-state index is 13.3. The van der Waals surface area contributed by atoms with Gasteiger partial charge in [-0.15, -0.1) is 0 Å². The lowest BCUT2D eigenvalue weighted by atomic mass is 10.2. The molecule has 0 radical (unpaired) electrons. The number of nitrogens with one attached hydrogen (secondary N) is 1. The summed E-state index contributed by atoms with van der Waals surface area (Å²) in [6.07, 6.45) is 0. The number of methoxy groups -OCH3 is 1. The third-order valence-corrected chi connectivity index (χ3v) is 5.47. The molecule has 1 N–H and O–H groups in total. The lowest BCUT2D eigenvalue weighted by molar-refractivity contribution is 0.284. The molecule has 4 nitrogen and oxygen atoms in total. The predicted octanol–water partition coefficient (Wildman–Crippen LogP) is 5.11. The van der Waals surface area contributed by atoms with Crippen LogP contribution in [0.4, 0.5) is 4.39 Å². The van der Waals surface area contributed by atoms with Crippen molar-refractivity contribution in [3.8, 4) is 11.5 Å². The second-order valence-electron chi connectivity index (χ2n) is 6.24. The van der Waals surface area contributed by atoms with Gasteiger partial charge < -0.3 is 9.47 Å². The Morgan fingerprint density at radius 2 is 1.86 bits per heavy atom. The van der Waals surface area contributed by atoms with Crippen molar-refractivity contribution in [2.75, 3.05) is 7.11 Å². The second-order valence-corrected chi connectivity index (χ2v) is 7.33. The first kappa shape index (κ1) is 18.4. The quantitative estimate of drug-likeness (QED) is 0.631. The van der Waals surface area contributed by atoms with E-state index in [2.05, 4.69) is 10.5 Å². The normalized spacial score (nSPS) is 15.6. The van der Waals surface area contributed by atoms with Gasteiger partial charge in [-0.25, -0.2) is 4.39 Å². The molecule has 0 amide bonds. The van der Waals surface area contributed by atoms with Crippen molar-refractivity contribution in [3.05, 3.63) is 95.3 Å². The fourth-order valence-corrected chi connectivity index (χ4v) is 3.88. The maximum absolute atomic E-state index is 13.3. The molecule has 4 rings (SSSR count). The van der Waals surface area contributed by atoms with Crippen LogP contribution in [0.5, 0.6) is 11.5 Å². The molecule has 1 atom stereocenters. The number of halogens is 1. The van der Waals surface area contributed by atoms with Crippen LogP contribution in [0.3, 0.4) is 0 Å². The number of rotatable bonds is 6. The first-order chi connectivity index (χ1) is 13.7. The molecule has 0 saturated carbocycles. The highest BCUT2D eigenvalue weighted by molar-refractivity contribution is 8.14. The van der Waals surface area contributed by atoms with Gasteiger partial charge >= 0.3 is 0 Å². The smallest absolute Gasteiger partial charge is 0.161 e. The van der Waals surface area contributed by atoms with E-state index in [-0.39, 0.29) is 17.8 Å². The van der Waals surface area contributed by atoms with Gasteiger partial charge in [-0.3, -0.25) is 5.43 Å². The number of nitrogens with zero attached hydrogens (tertiary/aromatic N) is 1. The minimum absolute atomic E-state index is 0.00127. The summed E-state index contributed by atoms with van der Waals surface area (Å²) in [6, 6.07) is 22.2. The molecule has 0 fully saturated rings. The van der Waals surface area contributed by atoms with Crippen LogP contribution in [0.15, 0.2) is 77.9 Å². The van der Waals surface area contributed by atoms with Crippen molar-refractivity contribution in [1.82, 2.24) is 5.43 Å². The first-order valence-electron chi connectivity index (χ1n) is 8.83. The van der Waals surface area contributed by atoms with Crippen molar-refractivity contribution in [1.29, 1.82) is 0 Å². The van der Waals surface area contributed by atoms with Crippen LogP contribution in [0.25, 0.3) is 0 Å². The zero-order valence-electron chi connectivity index (χ0n) is 15.3. The van der Waals surface area contributed by atoms with E-state index >= 15 is 0 Å². The first-order valence-corrected chi connectivity index (χ1v) is 9.71. The maximum Gasteiger partial charge on any atom is 0.161 e. The van der Waals surface area contributed by atoms with Crippen LogP contribution < -0.4 is 14.9 Å². The Morgan fingerprint density at radius 3 is 2.64 bits per heavy atom. The monoisotopic (exact) mass is 394 g/mol. The number of ether oxygens (including phenoxy) is 2.